The van der Waals surface area contributed by atoms with Crippen molar-refractivity contribution >= 4 is 21.4 Å². The van der Waals surface area contributed by atoms with Crippen LogP contribution in [0.3, 0.4) is 0 Å². The van der Waals surface area contributed by atoms with E-state index in [0.29, 0.717) is 19.4 Å². The molecule has 7 heteroatoms. The van der Waals surface area contributed by atoms with Crippen molar-refractivity contribution in [2.24, 2.45) is 0 Å². The van der Waals surface area contributed by atoms with Gasteiger partial charge < -0.3 is 5.32 Å². The molecular weight excluding hydrogens is 358 g/mol. The van der Waals surface area contributed by atoms with Gasteiger partial charge in [0, 0.05) is 12.6 Å². The van der Waals surface area contributed by atoms with E-state index in [-0.39, 0.29) is 17.2 Å². The van der Waals surface area contributed by atoms with Crippen LogP contribution in [0.5, 0.6) is 0 Å². The van der Waals surface area contributed by atoms with Gasteiger partial charge in [0.1, 0.15) is 11.6 Å². The lowest BCUT2D eigenvalue weighted by Gasteiger charge is -2.22. The molecule has 0 amide bonds. The normalized spacial score (nSPS) is 15.6. The first-order valence-corrected chi connectivity index (χ1v) is 10.3. The molecule has 1 fully saturated rings. The maximum atomic E-state index is 14.3. The van der Waals surface area contributed by atoms with Crippen LogP contribution in [0.4, 0.5) is 20.2 Å². The average Bonchev–Trinajstić information content (AvgIpc) is 2.63. The zero-order valence-corrected chi connectivity index (χ0v) is 15.2. The maximum Gasteiger partial charge on any atom is 0.235 e. The fraction of sp³-hybridized carbons (Fsp3) is 0.368. The van der Waals surface area contributed by atoms with Crippen molar-refractivity contribution in [3.05, 3.63) is 59.7 Å². The molecule has 0 unspecified atom stereocenters. The van der Waals surface area contributed by atoms with E-state index >= 15 is 0 Å². The summed E-state index contributed by atoms with van der Waals surface area (Å²) < 4.78 is 54.5. The Morgan fingerprint density at radius 1 is 0.962 bits per heavy atom. The Morgan fingerprint density at radius 3 is 2.31 bits per heavy atom. The summed E-state index contributed by atoms with van der Waals surface area (Å²) in [5, 5.41) is 2.52. The number of hydrogen-bond acceptors (Lipinski definition) is 3. The second-order valence-electron chi connectivity index (χ2n) is 6.58. The highest BCUT2D eigenvalue weighted by molar-refractivity contribution is 7.93. The molecule has 1 aliphatic carbocycles. The molecule has 0 aliphatic heterocycles. The van der Waals surface area contributed by atoms with Gasteiger partial charge in [-0.25, -0.2) is 17.2 Å². The minimum Gasteiger partial charge on any atom is -0.379 e. The van der Waals surface area contributed by atoms with Crippen LogP contribution in [0, 0.1) is 11.6 Å². The number of benzene rings is 2. The van der Waals surface area contributed by atoms with E-state index in [0.717, 1.165) is 24.8 Å². The number of sulfonamides is 1. The van der Waals surface area contributed by atoms with Crippen LogP contribution < -0.4 is 10.0 Å². The summed E-state index contributed by atoms with van der Waals surface area (Å²) in [5.74, 6) is -0.870. The lowest BCUT2D eigenvalue weighted by molar-refractivity contribution is 0.486. The number of anilines is 2. The molecular formula is C19H22F2N2O2S. The highest BCUT2D eigenvalue weighted by Gasteiger charge is 2.27. The third-order valence-electron chi connectivity index (χ3n) is 4.62. The van der Waals surface area contributed by atoms with E-state index in [1.54, 1.807) is 12.1 Å². The molecule has 4 nitrogen and oxygen atoms in total. The highest BCUT2D eigenvalue weighted by atomic mass is 32.2. The summed E-state index contributed by atoms with van der Waals surface area (Å²) in [6, 6.07) is 10.1. The highest BCUT2D eigenvalue weighted by Crippen LogP contribution is 2.26. The summed E-state index contributed by atoms with van der Waals surface area (Å²) in [6.45, 7) is 0.338. The summed E-state index contributed by atoms with van der Waals surface area (Å²) in [6.07, 6.45) is 4.18. The van der Waals surface area contributed by atoms with E-state index in [4.69, 9.17) is 0 Å². The molecule has 2 aromatic rings. The fourth-order valence-electron chi connectivity index (χ4n) is 3.14. The Kier molecular flexibility index (Phi) is 5.76. The number of halogens is 2. The lowest BCUT2D eigenvalue weighted by Crippen LogP contribution is -2.29. The number of nitrogens with one attached hydrogen (secondary N) is 2. The van der Waals surface area contributed by atoms with Crippen LogP contribution in [-0.2, 0) is 16.6 Å². The minimum atomic E-state index is -3.50. The van der Waals surface area contributed by atoms with Crippen molar-refractivity contribution in [1.29, 1.82) is 0 Å². The molecule has 0 heterocycles. The summed E-state index contributed by atoms with van der Waals surface area (Å²) in [4.78, 5) is 0. The Labute approximate surface area is 152 Å². The minimum absolute atomic E-state index is 0.223. The molecule has 0 radical (unpaired) electrons. The predicted molar refractivity (Wildman–Crippen MR) is 99.5 cm³/mol. The van der Waals surface area contributed by atoms with Gasteiger partial charge in [-0.05, 0) is 42.7 Å². The lowest BCUT2D eigenvalue weighted by atomic mass is 10.0. The molecule has 2 aromatic carbocycles. The van der Waals surface area contributed by atoms with E-state index in [1.165, 1.54) is 30.3 Å². The molecule has 0 spiro atoms. The predicted octanol–water partition coefficient (Wildman–Crippen LogP) is 4.65. The smallest absolute Gasteiger partial charge is 0.235 e. The third-order valence-corrected chi connectivity index (χ3v) is 6.49. The van der Waals surface area contributed by atoms with Gasteiger partial charge >= 0.3 is 0 Å². The van der Waals surface area contributed by atoms with Gasteiger partial charge in [0.15, 0.2) is 0 Å². The van der Waals surface area contributed by atoms with Gasteiger partial charge in [-0.15, -0.1) is 0 Å². The standard InChI is InChI=1S/C19H22F2N2O2S/c20-15-8-6-14(7-9-15)13-22-19-11-10-16(12-18(19)21)23-26(24,25)17-4-2-1-3-5-17/h6-12,17,22-23H,1-5,13H2. The average molecular weight is 380 g/mol. The molecule has 3 rings (SSSR count). The first-order chi connectivity index (χ1) is 12.4. The molecule has 1 saturated carbocycles. The van der Waals surface area contributed by atoms with Crippen molar-refractivity contribution in [1.82, 2.24) is 0 Å². The number of hydrogen-bond donors (Lipinski definition) is 2. The molecule has 140 valence electrons. The van der Waals surface area contributed by atoms with Crippen LogP contribution in [0.1, 0.15) is 37.7 Å². The molecule has 26 heavy (non-hydrogen) atoms. The Morgan fingerprint density at radius 2 is 1.65 bits per heavy atom. The topological polar surface area (TPSA) is 58.2 Å². The quantitative estimate of drug-likeness (QED) is 0.767. The van der Waals surface area contributed by atoms with Gasteiger partial charge in [-0.1, -0.05) is 31.4 Å². The van der Waals surface area contributed by atoms with Crippen LogP contribution in [0.25, 0.3) is 0 Å². The zero-order chi connectivity index (χ0) is 18.6. The van der Waals surface area contributed by atoms with Gasteiger partial charge in [-0.3, -0.25) is 4.72 Å². The second kappa shape index (κ2) is 8.03. The first kappa shape index (κ1) is 18.6. The van der Waals surface area contributed by atoms with Crippen molar-refractivity contribution in [3.8, 4) is 0 Å². The van der Waals surface area contributed by atoms with Crippen LogP contribution >= 0.6 is 0 Å². The van der Waals surface area contributed by atoms with Crippen molar-refractivity contribution in [2.75, 3.05) is 10.0 Å². The summed E-state index contributed by atoms with van der Waals surface area (Å²) in [5.41, 5.74) is 1.29. The van der Waals surface area contributed by atoms with Gasteiger partial charge in [0.2, 0.25) is 10.0 Å². The zero-order valence-electron chi connectivity index (χ0n) is 14.3. The van der Waals surface area contributed by atoms with Crippen molar-refractivity contribution in [3.63, 3.8) is 0 Å². The molecule has 1 aliphatic rings. The van der Waals surface area contributed by atoms with Crippen molar-refractivity contribution in [2.45, 2.75) is 43.9 Å². The summed E-state index contributed by atoms with van der Waals surface area (Å²) >= 11 is 0. The largest absolute Gasteiger partial charge is 0.379 e. The maximum absolute atomic E-state index is 14.3. The summed E-state index contributed by atoms with van der Waals surface area (Å²) in [7, 11) is -3.50. The van der Waals surface area contributed by atoms with E-state index in [2.05, 4.69) is 10.0 Å². The van der Waals surface area contributed by atoms with Gasteiger partial charge in [-0.2, -0.15) is 0 Å². The molecule has 0 atom stereocenters. The third kappa shape index (κ3) is 4.72. The number of rotatable bonds is 6. The van der Waals surface area contributed by atoms with Crippen LogP contribution in [0.2, 0.25) is 0 Å². The first-order valence-electron chi connectivity index (χ1n) is 8.73. The van der Waals surface area contributed by atoms with Crippen LogP contribution in [0.15, 0.2) is 42.5 Å². The Balaban J connectivity index is 1.64. The van der Waals surface area contributed by atoms with E-state index in [1.807, 2.05) is 0 Å². The van der Waals surface area contributed by atoms with Gasteiger partial charge in [0.05, 0.1) is 16.6 Å². The SMILES string of the molecule is O=S(=O)(Nc1ccc(NCc2ccc(F)cc2)c(F)c1)C1CCCCC1. The molecule has 0 saturated heterocycles. The second-order valence-corrected chi connectivity index (χ2v) is 8.54. The van der Waals surface area contributed by atoms with Crippen LogP contribution in [-0.4, -0.2) is 13.7 Å². The Hall–Kier alpha value is -2.15. The fourth-order valence-corrected chi connectivity index (χ4v) is 4.72. The van der Waals surface area contributed by atoms with E-state index in [9.17, 15) is 17.2 Å². The Bertz CT molecular complexity index is 848. The van der Waals surface area contributed by atoms with Gasteiger partial charge in [0.25, 0.3) is 0 Å². The van der Waals surface area contributed by atoms with Crippen molar-refractivity contribution < 1.29 is 17.2 Å². The molecule has 0 bridgehead atoms. The molecule has 0 aromatic heterocycles. The molecule has 2 N–H and O–H groups in total. The monoisotopic (exact) mass is 380 g/mol. The van der Waals surface area contributed by atoms with E-state index < -0.39 is 21.1 Å².